The topological polar surface area (TPSA) is 87.5 Å². The highest BCUT2D eigenvalue weighted by atomic mass is 35.5. The lowest BCUT2D eigenvalue weighted by Gasteiger charge is -2.08. The second-order valence-corrected chi connectivity index (χ2v) is 6.39. The Morgan fingerprint density at radius 2 is 1.96 bits per heavy atom. The largest absolute Gasteiger partial charge is 0.508 e. The summed E-state index contributed by atoms with van der Waals surface area (Å²) >= 11 is 13.0. The van der Waals surface area contributed by atoms with Crippen molar-refractivity contribution in [2.45, 2.75) is 18.7 Å². The number of esters is 1. The van der Waals surface area contributed by atoms with E-state index >= 15 is 0 Å². The lowest BCUT2D eigenvalue weighted by molar-refractivity contribution is -0.140. The van der Waals surface area contributed by atoms with E-state index in [-0.39, 0.29) is 17.0 Å². The first-order chi connectivity index (χ1) is 10.7. The molecule has 0 aliphatic carbocycles. The Hall–Kier alpha value is -1.50. The fourth-order valence-corrected chi connectivity index (χ4v) is 2.96. The van der Waals surface area contributed by atoms with Gasteiger partial charge in [-0.15, -0.1) is 11.8 Å². The van der Waals surface area contributed by atoms with Crippen LogP contribution in [-0.4, -0.2) is 34.9 Å². The summed E-state index contributed by atoms with van der Waals surface area (Å²) in [6.45, 7) is 2.13. The predicted molar refractivity (Wildman–Crippen MR) is 91.9 cm³/mol. The van der Waals surface area contributed by atoms with E-state index in [4.69, 9.17) is 33.3 Å². The van der Waals surface area contributed by atoms with Crippen molar-refractivity contribution >= 4 is 52.4 Å². The number of ketones is 1. The molecule has 0 bridgehead atoms. The summed E-state index contributed by atoms with van der Waals surface area (Å²) in [6, 6.07) is 4.89. The van der Waals surface area contributed by atoms with Crippen molar-refractivity contribution in [2.75, 3.05) is 12.4 Å². The van der Waals surface area contributed by atoms with Gasteiger partial charge in [0.15, 0.2) is 5.78 Å². The summed E-state index contributed by atoms with van der Waals surface area (Å²) in [5.74, 6) is -1.54. The summed E-state index contributed by atoms with van der Waals surface area (Å²) in [6.07, 6.45) is 0. The Labute approximate surface area is 148 Å². The molecule has 0 atom stereocenters. The summed E-state index contributed by atoms with van der Waals surface area (Å²) in [4.78, 5) is 23.6. The number of aliphatic hydroxyl groups is 1. The zero-order valence-electron chi connectivity index (χ0n) is 12.5. The highest BCUT2D eigenvalue weighted by molar-refractivity contribution is 8.00. The van der Waals surface area contributed by atoms with Crippen molar-refractivity contribution in [3.05, 3.63) is 39.6 Å². The van der Waals surface area contributed by atoms with Gasteiger partial charge in [-0.3, -0.25) is 9.59 Å². The van der Waals surface area contributed by atoms with Crippen molar-refractivity contribution in [2.24, 2.45) is 0 Å². The lowest BCUT2D eigenvalue weighted by Crippen LogP contribution is -2.15. The molecule has 23 heavy (non-hydrogen) atoms. The van der Waals surface area contributed by atoms with E-state index in [2.05, 4.69) is 0 Å². The summed E-state index contributed by atoms with van der Waals surface area (Å²) in [5, 5.41) is 18.1. The molecule has 0 unspecified atom stereocenters. The molecular weight excluding hydrogens is 361 g/mol. The van der Waals surface area contributed by atoms with Crippen molar-refractivity contribution in [1.29, 1.82) is 5.41 Å². The van der Waals surface area contributed by atoms with Gasteiger partial charge in [-0.1, -0.05) is 23.2 Å². The van der Waals surface area contributed by atoms with E-state index in [1.807, 2.05) is 0 Å². The molecule has 1 rings (SSSR count). The first-order valence-electron chi connectivity index (χ1n) is 6.44. The zero-order valence-corrected chi connectivity index (χ0v) is 14.8. The van der Waals surface area contributed by atoms with Gasteiger partial charge in [-0.05, 0) is 32.0 Å². The summed E-state index contributed by atoms with van der Waals surface area (Å²) in [5.41, 5.74) is -0.241. The van der Waals surface area contributed by atoms with Crippen molar-refractivity contribution in [1.82, 2.24) is 0 Å². The monoisotopic (exact) mass is 375 g/mol. The number of rotatable bonds is 7. The molecule has 0 fully saturated rings. The number of nitrogens with one attached hydrogen (secondary N) is 1. The van der Waals surface area contributed by atoms with Crippen LogP contribution in [0.2, 0.25) is 10.0 Å². The van der Waals surface area contributed by atoms with Gasteiger partial charge in [0.05, 0.1) is 16.3 Å². The van der Waals surface area contributed by atoms with Crippen molar-refractivity contribution in [3.8, 4) is 0 Å². The molecule has 8 heteroatoms. The number of hydrogen-bond acceptors (Lipinski definition) is 6. The minimum atomic E-state index is -0.594. The SMILES string of the molecule is CC(=N)/C(C(C)=O)=C(/O)COC(=O)CSc1cc(Cl)ccc1Cl. The van der Waals surface area contributed by atoms with Crippen LogP contribution in [0.1, 0.15) is 13.8 Å². The Kier molecular flexibility index (Phi) is 7.61. The van der Waals surface area contributed by atoms with Gasteiger partial charge in [-0.2, -0.15) is 0 Å². The lowest BCUT2D eigenvalue weighted by atomic mass is 10.1. The smallest absolute Gasteiger partial charge is 0.316 e. The maximum absolute atomic E-state index is 11.7. The number of allylic oxidation sites excluding steroid dienone is 1. The number of halogens is 2. The molecule has 2 N–H and O–H groups in total. The van der Waals surface area contributed by atoms with E-state index in [9.17, 15) is 14.7 Å². The number of thioether (sulfide) groups is 1. The Morgan fingerprint density at radius 1 is 1.30 bits per heavy atom. The number of carbonyl (C=O) groups excluding carboxylic acids is 2. The third-order valence-corrected chi connectivity index (χ3v) is 4.33. The fourth-order valence-electron chi connectivity index (χ4n) is 1.67. The van der Waals surface area contributed by atoms with Gasteiger partial charge in [0, 0.05) is 15.6 Å². The summed E-state index contributed by atoms with van der Waals surface area (Å²) < 4.78 is 4.88. The minimum Gasteiger partial charge on any atom is -0.508 e. The number of Topliss-reactive ketones (excluding diaryl/α,β-unsaturated/α-hetero) is 1. The highest BCUT2D eigenvalue weighted by Crippen LogP contribution is 2.29. The van der Waals surface area contributed by atoms with Gasteiger partial charge in [0.2, 0.25) is 0 Å². The van der Waals surface area contributed by atoms with Crippen LogP contribution in [0.25, 0.3) is 0 Å². The third kappa shape index (κ3) is 6.25. The van der Waals surface area contributed by atoms with Crippen LogP contribution in [0.3, 0.4) is 0 Å². The molecule has 0 aliphatic rings. The number of benzene rings is 1. The average Bonchev–Trinajstić information content (AvgIpc) is 2.45. The fraction of sp³-hybridized carbons (Fsp3) is 0.267. The van der Waals surface area contributed by atoms with E-state index in [1.54, 1.807) is 18.2 Å². The molecular formula is C15H15Cl2NO4S. The summed E-state index contributed by atoms with van der Waals surface area (Å²) in [7, 11) is 0. The van der Waals surface area contributed by atoms with E-state index in [0.29, 0.717) is 14.9 Å². The van der Waals surface area contributed by atoms with Crippen LogP contribution in [0.4, 0.5) is 0 Å². The molecule has 0 radical (unpaired) electrons. The minimum absolute atomic E-state index is 0.0354. The van der Waals surface area contributed by atoms with Gasteiger partial charge < -0.3 is 15.3 Å². The van der Waals surface area contributed by atoms with E-state index in [0.717, 1.165) is 11.8 Å². The second kappa shape index (κ2) is 8.96. The molecule has 0 aliphatic heterocycles. The molecule has 0 spiro atoms. The first-order valence-corrected chi connectivity index (χ1v) is 8.18. The zero-order chi connectivity index (χ0) is 17.6. The van der Waals surface area contributed by atoms with Crippen LogP contribution in [-0.2, 0) is 14.3 Å². The molecule has 1 aromatic rings. The Morgan fingerprint density at radius 3 is 2.52 bits per heavy atom. The van der Waals surface area contributed by atoms with Crippen molar-refractivity contribution < 1.29 is 19.4 Å². The molecule has 124 valence electrons. The Bertz CT molecular complexity index is 657. The number of aliphatic hydroxyl groups excluding tert-OH is 1. The van der Waals surface area contributed by atoms with Gasteiger partial charge in [-0.25, -0.2) is 0 Å². The van der Waals surface area contributed by atoms with Crippen LogP contribution >= 0.6 is 35.0 Å². The molecule has 1 aromatic carbocycles. The van der Waals surface area contributed by atoms with Crippen LogP contribution in [0.5, 0.6) is 0 Å². The quantitative estimate of drug-likeness (QED) is 0.246. The van der Waals surface area contributed by atoms with Gasteiger partial charge in [0.25, 0.3) is 0 Å². The average molecular weight is 376 g/mol. The molecule has 0 heterocycles. The first kappa shape index (κ1) is 19.5. The van der Waals surface area contributed by atoms with Crippen LogP contribution < -0.4 is 0 Å². The van der Waals surface area contributed by atoms with E-state index < -0.39 is 24.1 Å². The molecule has 0 saturated heterocycles. The third-order valence-electron chi connectivity index (χ3n) is 2.62. The molecule has 5 nitrogen and oxygen atoms in total. The van der Waals surface area contributed by atoms with E-state index in [1.165, 1.54) is 13.8 Å². The maximum atomic E-state index is 11.7. The van der Waals surface area contributed by atoms with Crippen molar-refractivity contribution in [3.63, 3.8) is 0 Å². The predicted octanol–water partition coefficient (Wildman–Crippen LogP) is 4.07. The second-order valence-electron chi connectivity index (χ2n) is 4.53. The normalized spacial score (nSPS) is 11.7. The van der Waals surface area contributed by atoms with Gasteiger partial charge in [0.1, 0.15) is 12.4 Å². The van der Waals surface area contributed by atoms with Crippen LogP contribution in [0.15, 0.2) is 34.4 Å². The molecule has 0 aromatic heterocycles. The standard InChI is InChI=1S/C15H15Cl2NO4S/c1-8(18)15(9(2)19)12(20)6-22-14(21)7-23-13-5-10(16)3-4-11(13)17/h3-5,18,20H,6-7H2,1-2H3/b15-12-,18-8?. The Balaban J connectivity index is 2.61. The maximum Gasteiger partial charge on any atom is 0.316 e. The number of ether oxygens (including phenoxy) is 1. The molecule has 0 amide bonds. The van der Waals surface area contributed by atoms with Crippen LogP contribution in [0, 0.1) is 5.41 Å². The number of carbonyl (C=O) groups is 2. The molecule has 0 saturated carbocycles. The number of hydrogen-bond donors (Lipinski definition) is 2. The highest BCUT2D eigenvalue weighted by Gasteiger charge is 2.15. The van der Waals surface area contributed by atoms with Gasteiger partial charge >= 0.3 is 5.97 Å².